The molecule has 2 unspecified atom stereocenters. The molecule has 0 aromatic heterocycles. The van der Waals surface area contributed by atoms with Gasteiger partial charge in [-0.1, -0.05) is 38.2 Å². The summed E-state index contributed by atoms with van der Waals surface area (Å²) in [6.07, 6.45) is 9.63. The summed E-state index contributed by atoms with van der Waals surface area (Å²) in [6, 6.07) is 0. The van der Waals surface area contributed by atoms with E-state index in [0.29, 0.717) is 5.92 Å². The molecule has 0 N–H and O–H groups in total. The van der Waals surface area contributed by atoms with Crippen LogP contribution >= 0.6 is 0 Å². The molecular weight excluding hydrogens is 172 g/mol. The molecular formula is C13H22O. The number of allylic oxidation sites excluding steroid dienone is 2. The highest BCUT2D eigenvalue weighted by Gasteiger charge is 2.36. The molecule has 0 spiro atoms. The van der Waals surface area contributed by atoms with Gasteiger partial charge < -0.3 is 4.74 Å². The molecule has 0 bridgehead atoms. The van der Waals surface area contributed by atoms with Gasteiger partial charge in [-0.15, -0.1) is 0 Å². The van der Waals surface area contributed by atoms with Gasteiger partial charge in [-0.05, 0) is 27.2 Å². The van der Waals surface area contributed by atoms with Crippen LogP contribution in [0.4, 0.5) is 0 Å². The summed E-state index contributed by atoms with van der Waals surface area (Å²) in [4.78, 5) is 0. The van der Waals surface area contributed by atoms with Crippen LogP contribution in [0.2, 0.25) is 0 Å². The summed E-state index contributed by atoms with van der Waals surface area (Å²) >= 11 is 0. The normalized spacial score (nSPS) is 32.2. The summed E-state index contributed by atoms with van der Waals surface area (Å²) in [7, 11) is 0. The van der Waals surface area contributed by atoms with Crippen molar-refractivity contribution >= 4 is 0 Å². The van der Waals surface area contributed by atoms with Crippen molar-refractivity contribution in [2.24, 2.45) is 5.92 Å². The Bertz CT molecular complexity index is 244. The van der Waals surface area contributed by atoms with Crippen LogP contribution in [0.15, 0.2) is 24.3 Å². The first-order chi connectivity index (χ1) is 6.40. The van der Waals surface area contributed by atoms with Crippen molar-refractivity contribution in [3.63, 3.8) is 0 Å². The first-order valence-electron chi connectivity index (χ1n) is 5.46. The van der Waals surface area contributed by atoms with Gasteiger partial charge in [0.2, 0.25) is 0 Å². The topological polar surface area (TPSA) is 9.23 Å². The Kier molecular flexibility index (Phi) is 3.20. The van der Waals surface area contributed by atoms with Crippen LogP contribution < -0.4 is 0 Å². The van der Waals surface area contributed by atoms with Gasteiger partial charge in [-0.25, -0.2) is 0 Å². The third-order valence-electron chi connectivity index (χ3n) is 2.71. The van der Waals surface area contributed by atoms with Crippen LogP contribution in [0.3, 0.4) is 0 Å². The van der Waals surface area contributed by atoms with Crippen LogP contribution in [0.25, 0.3) is 0 Å². The van der Waals surface area contributed by atoms with Gasteiger partial charge in [0.05, 0.1) is 11.2 Å². The second kappa shape index (κ2) is 3.90. The number of hydrogen-bond donors (Lipinski definition) is 0. The van der Waals surface area contributed by atoms with Crippen LogP contribution in [0.1, 0.15) is 41.0 Å². The van der Waals surface area contributed by atoms with Crippen molar-refractivity contribution in [1.29, 1.82) is 0 Å². The van der Waals surface area contributed by atoms with Gasteiger partial charge in [0.25, 0.3) is 0 Å². The van der Waals surface area contributed by atoms with Crippen LogP contribution in [-0.2, 0) is 4.74 Å². The molecule has 0 heterocycles. The first-order valence-corrected chi connectivity index (χ1v) is 5.46. The molecule has 80 valence electrons. The molecule has 0 saturated heterocycles. The second-order valence-electron chi connectivity index (χ2n) is 5.06. The van der Waals surface area contributed by atoms with Crippen molar-refractivity contribution < 1.29 is 4.74 Å². The standard InChI is InChI=1S/C13H22O/c1-6-13(14-12(3,4)5)10-8-7-9-11(13)2/h7-11H,6H2,1-5H3. The molecule has 1 nitrogen and oxygen atoms in total. The third kappa shape index (κ3) is 2.48. The molecule has 1 rings (SSSR count). The summed E-state index contributed by atoms with van der Waals surface area (Å²) in [5.41, 5.74) is -0.188. The molecule has 0 saturated carbocycles. The molecule has 0 radical (unpaired) electrons. The second-order valence-corrected chi connectivity index (χ2v) is 5.06. The van der Waals surface area contributed by atoms with Gasteiger partial charge in [-0.2, -0.15) is 0 Å². The van der Waals surface area contributed by atoms with E-state index in [2.05, 4.69) is 58.9 Å². The predicted molar refractivity (Wildman–Crippen MR) is 61.3 cm³/mol. The quantitative estimate of drug-likeness (QED) is 0.651. The summed E-state index contributed by atoms with van der Waals surface area (Å²) in [5.74, 6) is 0.455. The van der Waals surface area contributed by atoms with E-state index in [1.54, 1.807) is 0 Å². The van der Waals surface area contributed by atoms with Crippen molar-refractivity contribution in [1.82, 2.24) is 0 Å². The minimum absolute atomic E-state index is 0.0835. The zero-order chi connectivity index (χ0) is 10.8. The Balaban J connectivity index is 2.86. The van der Waals surface area contributed by atoms with Crippen LogP contribution in [-0.4, -0.2) is 11.2 Å². The van der Waals surface area contributed by atoms with E-state index in [0.717, 1.165) is 6.42 Å². The lowest BCUT2D eigenvalue weighted by atomic mass is 9.82. The Morgan fingerprint density at radius 1 is 1.29 bits per heavy atom. The Hall–Kier alpha value is -0.560. The molecule has 1 aliphatic rings. The zero-order valence-corrected chi connectivity index (χ0v) is 10.0. The molecule has 0 aromatic carbocycles. The van der Waals surface area contributed by atoms with Crippen molar-refractivity contribution in [3.05, 3.63) is 24.3 Å². The zero-order valence-electron chi connectivity index (χ0n) is 10.0. The average molecular weight is 194 g/mol. The highest BCUT2D eigenvalue weighted by atomic mass is 16.5. The minimum Gasteiger partial charge on any atom is -0.365 e. The van der Waals surface area contributed by atoms with E-state index in [4.69, 9.17) is 4.74 Å². The fourth-order valence-corrected chi connectivity index (χ4v) is 1.97. The summed E-state index contributed by atoms with van der Waals surface area (Å²) in [5, 5.41) is 0. The van der Waals surface area contributed by atoms with E-state index in [9.17, 15) is 0 Å². The van der Waals surface area contributed by atoms with Gasteiger partial charge in [0, 0.05) is 5.92 Å². The number of ether oxygens (including phenoxy) is 1. The smallest absolute Gasteiger partial charge is 0.0929 e. The summed E-state index contributed by atoms with van der Waals surface area (Å²) in [6.45, 7) is 10.7. The molecule has 0 aromatic rings. The largest absolute Gasteiger partial charge is 0.365 e. The van der Waals surface area contributed by atoms with Crippen molar-refractivity contribution in [2.45, 2.75) is 52.2 Å². The van der Waals surface area contributed by atoms with Gasteiger partial charge in [-0.3, -0.25) is 0 Å². The van der Waals surface area contributed by atoms with Gasteiger partial charge >= 0.3 is 0 Å². The van der Waals surface area contributed by atoms with E-state index >= 15 is 0 Å². The number of rotatable bonds is 2. The predicted octanol–water partition coefficient (Wildman–Crippen LogP) is 3.71. The van der Waals surface area contributed by atoms with E-state index in [1.807, 2.05) is 0 Å². The Morgan fingerprint density at radius 2 is 1.93 bits per heavy atom. The van der Waals surface area contributed by atoms with Crippen molar-refractivity contribution in [2.75, 3.05) is 0 Å². The SMILES string of the molecule is CCC1(OC(C)(C)C)C=CC=CC1C. The average Bonchev–Trinajstić information content (AvgIpc) is 2.07. The number of hydrogen-bond acceptors (Lipinski definition) is 1. The molecule has 1 heteroatoms. The van der Waals surface area contributed by atoms with Crippen molar-refractivity contribution in [3.8, 4) is 0 Å². The van der Waals surface area contributed by atoms with Crippen LogP contribution in [0, 0.1) is 5.92 Å². The molecule has 0 amide bonds. The fourth-order valence-electron chi connectivity index (χ4n) is 1.97. The third-order valence-corrected chi connectivity index (χ3v) is 2.71. The Labute approximate surface area is 87.8 Å². The molecule has 14 heavy (non-hydrogen) atoms. The highest BCUT2D eigenvalue weighted by molar-refractivity contribution is 5.21. The highest BCUT2D eigenvalue weighted by Crippen LogP contribution is 2.35. The molecule has 0 aliphatic heterocycles. The van der Waals surface area contributed by atoms with Crippen LogP contribution in [0.5, 0.6) is 0 Å². The maximum absolute atomic E-state index is 6.19. The van der Waals surface area contributed by atoms with E-state index < -0.39 is 0 Å². The Morgan fingerprint density at radius 3 is 2.36 bits per heavy atom. The monoisotopic (exact) mass is 194 g/mol. The lowest BCUT2D eigenvalue weighted by Gasteiger charge is -2.41. The molecule has 0 fully saturated rings. The lowest BCUT2D eigenvalue weighted by molar-refractivity contribution is -0.124. The summed E-state index contributed by atoms with van der Waals surface area (Å²) < 4.78 is 6.19. The fraction of sp³-hybridized carbons (Fsp3) is 0.692. The minimum atomic E-state index is -0.104. The first kappa shape index (κ1) is 11.5. The maximum Gasteiger partial charge on any atom is 0.0929 e. The van der Waals surface area contributed by atoms with E-state index in [-0.39, 0.29) is 11.2 Å². The van der Waals surface area contributed by atoms with Gasteiger partial charge in [0.15, 0.2) is 0 Å². The molecule has 2 atom stereocenters. The maximum atomic E-state index is 6.19. The lowest BCUT2D eigenvalue weighted by Crippen LogP contribution is -2.43. The van der Waals surface area contributed by atoms with E-state index in [1.165, 1.54) is 0 Å². The van der Waals surface area contributed by atoms with Gasteiger partial charge in [0.1, 0.15) is 0 Å². The molecule has 1 aliphatic carbocycles.